The lowest BCUT2D eigenvalue weighted by atomic mass is 10.1. The van der Waals surface area contributed by atoms with Gasteiger partial charge in [0, 0.05) is 23.5 Å². The Labute approximate surface area is 187 Å². The lowest BCUT2D eigenvalue weighted by Gasteiger charge is -2.08. The Morgan fingerprint density at radius 3 is 1.97 bits per heavy atom. The van der Waals surface area contributed by atoms with Gasteiger partial charge in [0.25, 0.3) is 0 Å². The van der Waals surface area contributed by atoms with Crippen molar-refractivity contribution in [3.63, 3.8) is 0 Å². The van der Waals surface area contributed by atoms with Gasteiger partial charge in [-0.1, -0.05) is 6.08 Å². The smallest absolute Gasteiger partial charge is 0.0917 e. The molecule has 6 rings (SSSR count). The van der Waals surface area contributed by atoms with E-state index >= 15 is 0 Å². The Bertz CT molecular complexity index is 1790. The molecule has 3 aromatic carbocycles. The predicted molar refractivity (Wildman–Crippen MR) is 135 cm³/mol. The molecule has 5 aromatic rings. The number of nitrogens with two attached hydrogens (primary N) is 2. The topological polar surface area (TPSA) is 128 Å². The van der Waals surface area contributed by atoms with Crippen molar-refractivity contribution in [1.82, 2.24) is 19.9 Å². The van der Waals surface area contributed by atoms with Crippen LogP contribution in [0.3, 0.4) is 0 Å². The number of hydrogen-bond donors (Lipinski definition) is 2. The molecule has 0 fully saturated rings. The standard InChI is InChI=1S/C25H18N8/c1-28-19-11-24-25(31-17-6-3-14(27)9-21(17)33-24)12-23(19)29-15-4-7-18-22(10-15)32-20-8-13(26)2-5-16(20)30-18/h2-3,5-12H,1,4,26-27H2. The fourth-order valence-electron chi connectivity index (χ4n) is 3.94. The number of nitrogen functional groups attached to an aromatic ring is 2. The van der Waals surface area contributed by atoms with Crippen LogP contribution < -0.4 is 22.2 Å². The van der Waals surface area contributed by atoms with E-state index in [1.54, 1.807) is 6.07 Å². The molecule has 0 spiro atoms. The second-order valence-corrected chi connectivity index (χ2v) is 7.86. The summed E-state index contributed by atoms with van der Waals surface area (Å²) < 4.78 is 0. The summed E-state index contributed by atoms with van der Waals surface area (Å²) in [6.45, 7) is 3.71. The van der Waals surface area contributed by atoms with Crippen molar-refractivity contribution in [2.24, 2.45) is 9.98 Å². The number of nitrogens with zero attached hydrogens (tertiary/aromatic N) is 6. The van der Waals surface area contributed by atoms with E-state index in [1.165, 1.54) is 0 Å². The highest BCUT2D eigenvalue weighted by Crippen LogP contribution is 2.33. The lowest BCUT2D eigenvalue weighted by molar-refractivity contribution is 1.15. The van der Waals surface area contributed by atoms with Gasteiger partial charge in [-0.2, -0.15) is 0 Å². The molecule has 0 atom stereocenters. The summed E-state index contributed by atoms with van der Waals surface area (Å²) in [6, 6.07) is 14.7. The molecule has 2 heterocycles. The average molecular weight is 430 g/mol. The molecule has 0 amide bonds. The van der Waals surface area contributed by atoms with E-state index in [1.807, 2.05) is 54.6 Å². The van der Waals surface area contributed by atoms with E-state index in [4.69, 9.17) is 31.4 Å². The largest absolute Gasteiger partial charge is 0.399 e. The van der Waals surface area contributed by atoms with Crippen LogP contribution in [0, 0.1) is 0 Å². The molecule has 0 radical (unpaired) electrons. The third-order valence-electron chi connectivity index (χ3n) is 5.54. The first-order chi connectivity index (χ1) is 16.1. The van der Waals surface area contributed by atoms with E-state index in [-0.39, 0.29) is 0 Å². The van der Waals surface area contributed by atoms with Gasteiger partial charge in [0.2, 0.25) is 0 Å². The van der Waals surface area contributed by atoms with Gasteiger partial charge in [-0.15, -0.1) is 0 Å². The van der Waals surface area contributed by atoms with Crippen LogP contribution >= 0.6 is 0 Å². The minimum atomic E-state index is 0.624. The maximum atomic E-state index is 5.91. The first kappa shape index (κ1) is 19.0. The van der Waals surface area contributed by atoms with E-state index in [2.05, 4.69) is 16.7 Å². The Morgan fingerprint density at radius 1 is 0.667 bits per heavy atom. The second-order valence-electron chi connectivity index (χ2n) is 7.86. The molecule has 8 heteroatoms. The molecule has 158 valence electrons. The molecule has 0 bridgehead atoms. The van der Waals surface area contributed by atoms with E-state index < -0.39 is 0 Å². The van der Waals surface area contributed by atoms with Crippen molar-refractivity contribution in [3.8, 4) is 0 Å². The van der Waals surface area contributed by atoms with Gasteiger partial charge in [-0.25, -0.2) is 19.9 Å². The average Bonchev–Trinajstić information content (AvgIpc) is 2.81. The van der Waals surface area contributed by atoms with Crippen molar-refractivity contribution in [2.45, 2.75) is 6.42 Å². The van der Waals surface area contributed by atoms with Crippen molar-refractivity contribution in [3.05, 3.63) is 59.2 Å². The fourth-order valence-corrected chi connectivity index (χ4v) is 3.94. The van der Waals surface area contributed by atoms with Crippen LogP contribution in [-0.4, -0.2) is 32.4 Å². The predicted octanol–water partition coefficient (Wildman–Crippen LogP) is 2.96. The summed E-state index contributed by atoms with van der Waals surface area (Å²) in [6.07, 6.45) is 4.59. The Kier molecular flexibility index (Phi) is 4.13. The van der Waals surface area contributed by atoms with E-state index in [0.29, 0.717) is 34.7 Å². The Morgan fingerprint density at radius 2 is 1.24 bits per heavy atom. The highest BCUT2D eigenvalue weighted by molar-refractivity contribution is 6.14. The normalized spacial score (nSPS) is 14.2. The van der Waals surface area contributed by atoms with Gasteiger partial charge in [0.15, 0.2) is 0 Å². The molecule has 2 aromatic heterocycles. The summed E-state index contributed by atoms with van der Waals surface area (Å²) in [5, 5.41) is 1.60. The number of benzene rings is 3. The summed E-state index contributed by atoms with van der Waals surface area (Å²) in [5.74, 6) is 0. The van der Waals surface area contributed by atoms with Gasteiger partial charge in [-0.3, -0.25) is 9.98 Å². The van der Waals surface area contributed by atoms with Crippen molar-refractivity contribution in [2.75, 3.05) is 11.5 Å². The number of anilines is 2. The Hall–Kier alpha value is -4.72. The minimum absolute atomic E-state index is 0.624. The third-order valence-corrected chi connectivity index (χ3v) is 5.54. The molecule has 1 aliphatic rings. The molecule has 0 saturated carbocycles. The van der Waals surface area contributed by atoms with Crippen LogP contribution in [0.1, 0.15) is 6.42 Å². The van der Waals surface area contributed by atoms with Crippen LogP contribution in [0.5, 0.6) is 0 Å². The summed E-state index contributed by atoms with van der Waals surface area (Å²) in [4.78, 5) is 27.8. The van der Waals surface area contributed by atoms with Gasteiger partial charge in [-0.05, 0) is 61.3 Å². The molecule has 1 aliphatic carbocycles. The zero-order valence-corrected chi connectivity index (χ0v) is 17.5. The van der Waals surface area contributed by atoms with Crippen molar-refractivity contribution in [1.29, 1.82) is 0 Å². The quantitative estimate of drug-likeness (QED) is 0.252. The SMILES string of the molecule is C=Nc1cc2nc3cc(N)ccc3nc2cc1N=C1C=c2nc3cc(N)ccc3nc2=CC1. The first-order valence-electron chi connectivity index (χ1n) is 10.4. The molecule has 8 nitrogen and oxygen atoms in total. The molecular formula is C25H18N8. The van der Waals surface area contributed by atoms with Crippen LogP contribution in [0.25, 0.3) is 45.3 Å². The number of rotatable bonds is 2. The number of aliphatic imine (C=N–C) groups is 2. The van der Waals surface area contributed by atoms with Crippen molar-refractivity contribution < 1.29 is 0 Å². The molecule has 0 saturated heterocycles. The molecule has 0 unspecified atom stereocenters. The maximum Gasteiger partial charge on any atom is 0.0917 e. The van der Waals surface area contributed by atoms with Gasteiger partial charge < -0.3 is 11.5 Å². The summed E-state index contributed by atoms with van der Waals surface area (Å²) in [5.41, 5.74) is 19.7. The zero-order valence-electron chi connectivity index (χ0n) is 17.5. The molecule has 0 aliphatic heterocycles. The minimum Gasteiger partial charge on any atom is -0.399 e. The number of aromatic nitrogens is 4. The molecular weight excluding hydrogens is 412 g/mol. The first-order valence-corrected chi connectivity index (χ1v) is 10.4. The van der Waals surface area contributed by atoms with Gasteiger partial charge >= 0.3 is 0 Å². The van der Waals surface area contributed by atoms with Crippen LogP contribution in [0.4, 0.5) is 22.7 Å². The van der Waals surface area contributed by atoms with Gasteiger partial charge in [0.1, 0.15) is 0 Å². The second kappa shape index (κ2) is 7.16. The van der Waals surface area contributed by atoms with E-state index in [0.717, 1.165) is 44.0 Å². The highest BCUT2D eigenvalue weighted by atomic mass is 14.9. The molecule has 33 heavy (non-hydrogen) atoms. The summed E-state index contributed by atoms with van der Waals surface area (Å²) in [7, 11) is 0. The van der Waals surface area contributed by atoms with Crippen LogP contribution in [0.2, 0.25) is 0 Å². The number of hydrogen-bond acceptors (Lipinski definition) is 8. The third kappa shape index (κ3) is 3.34. The fraction of sp³-hybridized carbons (Fsp3) is 0.0400. The van der Waals surface area contributed by atoms with Gasteiger partial charge in [0.05, 0.1) is 55.2 Å². The van der Waals surface area contributed by atoms with E-state index in [9.17, 15) is 0 Å². The monoisotopic (exact) mass is 430 g/mol. The van der Waals surface area contributed by atoms with Crippen LogP contribution in [-0.2, 0) is 0 Å². The van der Waals surface area contributed by atoms with Crippen LogP contribution in [0.15, 0.2) is 58.5 Å². The Balaban J connectivity index is 1.50. The summed E-state index contributed by atoms with van der Waals surface area (Å²) >= 11 is 0. The number of fused-ring (bicyclic) bond motifs is 4. The molecule has 4 N–H and O–H groups in total. The van der Waals surface area contributed by atoms with Crippen molar-refractivity contribution >= 4 is 80.4 Å². The maximum absolute atomic E-state index is 5.91. The lowest BCUT2D eigenvalue weighted by Crippen LogP contribution is -2.35. The zero-order chi connectivity index (χ0) is 22.5. The highest BCUT2D eigenvalue weighted by Gasteiger charge is 2.10.